The van der Waals surface area contributed by atoms with Crippen molar-refractivity contribution < 1.29 is 4.74 Å². The lowest BCUT2D eigenvalue weighted by molar-refractivity contribution is -0.00232. The minimum absolute atomic E-state index is 0.428. The van der Waals surface area contributed by atoms with Gasteiger partial charge in [-0.3, -0.25) is 0 Å². The topological polar surface area (TPSA) is 12.5 Å². The molecule has 0 spiro atoms. The highest BCUT2D eigenvalue weighted by molar-refractivity contribution is 6.17. The van der Waals surface area contributed by atoms with Crippen molar-refractivity contribution in [3.63, 3.8) is 0 Å². The quantitative estimate of drug-likeness (QED) is 0.734. The van der Waals surface area contributed by atoms with E-state index in [0.717, 1.165) is 51.4 Å². The fraction of sp³-hybridized carbons (Fsp3) is 0.600. The van der Waals surface area contributed by atoms with Crippen molar-refractivity contribution in [3.8, 4) is 0 Å². The first-order chi connectivity index (χ1) is 8.88. The van der Waals surface area contributed by atoms with Crippen LogP contribution in [0.3, 0.4) is 0 Å². The average Bonchev–Trinajstić information content (AvgIpc) is 2.45. The molecule has 0 bridgehead atoms. The van der Waals surface area contributed by atoms with Crippen molar-refractivity contribution in [1.82, 2.24) is 4.90 Å². The van der Waals surface area contributed by atoms with Crippen molar-refractivity contribution in [2.75, 3.05) is 25.5 Å². The molecule has 100 valence electrons. The molecule has 1 fully saturated rings. The van der Waals surface area contributed by atoms with Crippen molar-refractivity contribution >= 4 is 11.6 Å². The first-order valence-electron chi connectivity index (χ1n) is 6.82. The zero-order valence-corrected chi connectivity index (χ0v) is 11.6. The number of benzene rings is 1. The van der Waals surface area contributed by atoms with Gasteiger partial charge < -0.3 is 9.64 Å². The number of likely N-dealkylation sites (tertiary alicyclic amines) is 1. The van der Waals surface area contributed by atoms with E-state index in [0.29, 0.717) is 6.10 Å². The number of hydrogen-bond donors (Lipinski definition) is 0. The Bertz CT molecular complexity index is 323. The predicted octanol–water partition coefficient (Wildman–Crippen LogP) is 3.30. The number of rotatable bonds is 6. The van der Waals surface area contributed by atoms with Crippen molar-refractivity contribution in [3.05, 3.63) is 35.9 Å². The molecule has 1 aliphatic heterocycles. The summed E-state index contributed by atoms with van der Waals surface area (Å²) in [6.45, 7) is 4.18. The van der Waals surface area contributed by atoms with Gasteiger partial charge in [0.1, 0.15) is 0 Å². The van der Waals surface area contributed by atoms with Crippen LogP contribution >= 0.6 is 11.6 Å². The molecular weight excluding hydrogens is 246 g/mol. The number of hydrogen-bond acceptors (Lipinski definition) is 2. The molecule has 0 N–H and O–H groups in total. The molecule has 1 aromatic rings. The van der Waals surface area contributed by atoms with Crippen molar-refractivity contribution in [2.45, 2.75) is 32.0 Å². The summed E-state index contributed by atoms with van der Waals surface area (Å²) in [6, 6.07) is 10.4. The standard InChI is InChI=1S/C15H22ClNO/c16-9-4-10-17-11-7-15(8-12-17)18-13-14-5-2-1-3-6-14/h1-3,5-6,15H,4,7-13H2. The fourth-order valence-corrected chi connectivity index (χ4v) is 2.49. The normalized spacial score (nSPS) is 18.1. The van der Waals surface area contributed by atoms with Crippen LogP contribution in [0.5, 0.6) is 0 Å². The van der Waals surface area contributed by atoms with Crippen LogP contribution in [0.2, 0.25) is 0 Å². The summed E-state index contributed by atoms with van der Waals surface area (Å²) in [5, 5.41) is 0. The lowest BCUT2D eigenvalue weighted by Crippen LogP contribution is -2.37. The molecular formula is C15H22ClNO. The number of alkyl halides is 1. The molecule has 0 aromatic heterocycles. The monoisotopic (exact) mass is 267 g/mol. The third-order valence-electron chi connectivity index (χ3n) is 3.47. The lowest BCUT2D eigenvalue weighted by Gasteiger charge is -2.31. The first-order valence-corrected chi connectivity index (χ1v) is 7.36. The summed E-state index contributed by atoms with van der Waals surface area (Å²) in [5.41, 5.74) is 1.27. The minimum atomic E-state index is 0.428. The zero-order chi connectivity index (χ0) is 12.6. The number of halogens is 1. The molecule has 0 radical (unpaired) electrons. The van der Waals surface area contributed by atoms with Gasteiger partial charge in [-0.1, -0.05) is 30.3 Å². The molecule has 2 rings (SSSR count). The molecule has 0 saturated carbocycles. The molecule has 0 aliphatic carbocycles. The van der Waals surface area contributed by atoms with Crippen molar-refractivity contribution in [2.24, 2.45) is 0 Å². The van der Waals surface area contributed by atoms with Gasteiger partial charge in [0.15, 0.2) is 0 Å². The van der Waals surface area contributed by atoms with E-state index in [4.69, 9.17) is 16.3 Å². The smallest absolute Gasteiger partial charge is 0.0720 e. The number of nitrogens with zero attached hydrogens (tertiary/aromatic N) is 1. The lowest BCUT2D eigenvalue weighted by atomic mass is 10.1. The molecule has 1 heterocycles. The van der Waals surface area contributed by atoms with Crippen molar-refractivity contribution in [1.29, 1.82) is 0 Å². The predicted molar refractivity (Wildman–Crippen MR) is 76.0 cm³/mol. The summed E-state index contributed by atoms with van der Waals surface area (Å²) in [7, 11) is 0. The van der Waals surface area contributed by atoms with Gasteiger partial charge in [0, 0.05) is 19.0 Å². The maximum absolute atomic E-state index is 5.97. The van der Waals surface area contributed by atoms with E-state index in [9.17, 15) is 0 Å². The van der Waals surface area contributed by atoms with Gasteiger partial charge in [-0.25, -0.2) is 0 Å². The molecule has 1 aromatic carbocycles. The van der Waals surface area contributed by atoms with Gasteiger partial charge in [0.25, 0.3) is 0 Å². The third kappa shape index (κ3) is 4.60. The van der Waals surface area contributed by atoms with Gasteiger partial charge in [0.2, 0.25) is 0 Å². The van der Waals surface area contributed by atoms with Crippen LogP contribution in [-0.4, -0.2) is 36.5 Å². The molecule has 3 heteroatoms. The SMILES string of the molecule is ClCCCN1CCC(OCc2ccccc2)CC1. The molecule has 0 amide bonds. The van der Waals surface area contributed by atoms with E-state index in [-0.39, 0.29) is 0 Å². The van der Waals surface area contributed by atoms with E-state index < -0.39 is 0 Å². The van der Waals surface area contributed by atoms with Crippen LogP contribution in [0.15, 0.2) is 30.3 Å². The molecule has 18 heavy (non-hydrogen) atoms. The van der Waals surface area contributed by atoms with Gasteiger partial charge in [-0.05, 0) is 31.4 Å². The Hall–Kier alpha value is -0.570. The summed E-state index contributed by atoms with van der Waals surface area (Å²) < 4.78 is 5.97. The maximum Gasteiger partial charge on any atom is 0.0720 e. The highest BCUT2D eigenvalue weighted by atomic mass is 35.5. The summed E-state index contributed by atoms with van der Waals surface area (Å²) in [4.78, 5) is 2.49. The zero-order valence-electron chi connectivity index (χ0n) is 10.9. The Morgan fingerprint density at radius 1 is 1.17 bits per heavy atom. The second kappa shape index (κ2) is 7.78. The minimum Gasteiger partial charge on any atom is -0.373 e. The van der Waals surface area contributed by atoms with Crippen LogP contribution in [0, 0.1) is 0 Å². The average molecular weight is 268 g/mol. The van der Waals surface area contributed by atoms with Crippen LogP contribution < -0.4 is 0 Å². The van der Waals surface area contributed by atoms with E-state index in [1.54, 1.807) is 0 Å². The summed E-state index contributed by atoms with van der Waals surface area (Å²) >= 11 is 5.72. The molecule has 1 aliphatic rings. The molecule has 0 unspecified atom stereocenters. The van der Waals surface area contributed by atoms with Gasteiger partial charge in [-0.2, -0.15) is 0 Å². The Balaban J connectivity index is 1.65. The maximum atomic E-state index is 5.97. The first kappa shape index (κ1) is 13.9. The van der Waals surface area contributed by atoms with E-state index in [1.807, 2.05) is 6.07 Å². The summed E-state index contributed by atoms with van der Waals surface area (Å²) in [5.74, 6) is 0.768. The van der Waals surface area contributed by atoms with Crippen LogP contribution in [0.4, 0.5) is 0 Å². The Labute approximate surface area is 115 Å². The Morgan fingerprint density at radius 2 is 1.89 bits per heavy atom. The van der Waals surface area contributed by atoms with Gasteiger partial charge in [0.05, 0.1) is 12.7 Å². The van der Waals surface area contributed by atoms with Crippen LogP contribution in [-0.2, 0) is 11.3 Å². The van der Waals surface area contributed by atoms with Gasteiger partial charge >= 0.3 is 0 Å². The molecule has 1 saturated heterocycles. The van der Waals surface area contributed by atoms with Crippen LogP contribution in [0.25, 0.3) is 0 Å². The van der Waals surface area contributed by atoms with E-state index in [1.165, 1.54) is 5.56 Å². The number of ether oxygens (including phenoxy) is 1. The van der Waals surface area contributed by atoms with Crippen LogP contribution in [0.1, 0.15) is 24.8 Å². The molecule has 2 nitrogen and oxygen atoms in total. The largest absolute Gasteiger partial charge is 0.373 e. The highest BCUT2D eigenvalue weighted by Crippen LogP contribution is 2.15. The molecule has 0 atom stereocenters. The second-order valence-electron chi connectivity index (χ2n) is 4.88. The fourth-order valence-electron chi connectivity index (χ4n) is 2.37. The number of piperidine rings is 1. The summed E-state index contributed by atoms with van der Waals surface area (Å²) in [6.07, 6.45) is 3.82. The Morgan fingerprint density at radius 3 is 2.56 bits per heavy atom. The van der Waals surface area contributed by atoms with Gasteiger partial charge in [-0.15, -0.1) is 11.6 Å². The highest BCUT2D eigenvalue weighted by Gasteiger charge is 2.18. The second-order valence-corrected chi connectivity index (χ2v) is 5.26. The third-order valence-corrected chi connectivity index (χ3v) is 3.74. The van der Waals surface area contributed by atoms with E-state index >= 15 is 0 Å². The Kier molecular flexibility index (Phi) is 5.98. The van der Waals surface area contributed by atoms with E-state index in [2.05, 4.69) is 29.2 Å².